The van der Waals surface area contributed by atoms with E-state index in [1.807, 2.05) is 10.9 Å². The van der Waals surface area contributed by atoms with Gasteiger partial charge in [0.2, 0.25) is 0 Å². The van der Waals surface area contributed by atoms with Gasteiger partial charge in [-0.3, -0.25) is 4.68 Å². The molecule has 0 aliphatic heterocycles. The number of carbonyl (C=O) groups excluding carboxylic acids is 1. The molecule has 1 aromatic carbocycles. The Balaban J connectivity index is 1.46. The summed E-state index contributed by atoms with van der Waals surface area (Å²) < 4.78 is 6.96. The highest BCUT2D eigenvalue weighted by Crippen LogP contribution is 2.37. The van der Waals surface area contributed by atoms with E-state index >= 15 is 0 Å². The number of anilines is 2. The first-order valence-corrected chi connectivity index (χ1v) is 12.1. The van der Waals surface area contributed by atoms with Crippen molar-refractivity contribution >= 4 is 45.3 Å². The number of thiocarbonyl (C=S) groups is 1. The maximum Gasteiger partial charge on any atom is 0.341 e. The Morgan fingerprint density at radius 3 is 2.66 bits per heavy atom. The first-order valence-electron chi connectivity index (χ1n) is 10.9. The van der Waals surface area contributed by atoms with Crippen LogP contribution < -0.4 is 10.6 Å². The van der Waals surface area contributed by atoms with Crippen LogP contribution in [-0.2, 0) is 24.1 Å². The molecule has 1 aliphatic rings. The fraction of sp³-hybridized carbons (Fsp3) is 0.375. The van der Waals surface area contributed by atoms with Gasteiger partial charge in [0, 0.05) is 11.1 Å². The Bertz CT molecular complexity index is 1100. The predicted molar refractivity (Wildman–Crippen MR) is 134 cm³/mol. The minimum Gasteiger partial charge on any atom is -0.465 e. The predicted octanol–water partition coefficient (Wildman–Crippen LogP) is 5.56. The molecular formula is C24H28N4O2S2. The van der Waals surface area contributed by atoms with Crippen molar-refractivity contribution in [3.05, 3.63) is 63.8 Å². The number of aromatic nitrogens is 2. The van der Waals surface area contributed by atoms with Gasteiger partial charge < -0.3 is 15.4 Å². The van der Waals surface area contributed by atoms with Crippen LogP contribution in [0, 0.1) is 6.92 Å². The number of hydrogen-bond donors (Lipinski definition) is 2. The van der Waals surface area contributed by atoms with E-state index in [4.69, 9.17) is 17.0 Å². The van der Waals surface area contributed by atoms with Crippen LogP contribution in [0.25, 0.3) is 0 Å². The lowest BCUT2D eigenvalue weighted by Gasteiger charge is -2.11. The molecular weight excluding hydrogens is 440 g/mol. The number of aryl methyl sites for hydroxylation is 2. The SMILES string of the molecule is COC(=O)c1c(NC(=S)Nc2cnn(Cc3ccc(C)cc3)c2)sc2c1CCCCCC2. The number of fused-ring (bicyclic) bond motifs is 1. The lowest BCUT2D eigenvalue weighted by Crippen LogP contribution is -2.20. The lowest BCUT2D eigenvalue weighted by atomic mass is 9.96. The molecule has 2 N–H and O–H groups in total. The first-order chi connectivity index (χ1) is 15.5. The van der Waals surface area contributed by atoms with Crippen LogP contribution >= 0.6 is 23.6 Å². The van der Waals surface area contributed by atoms with Crippen LogP contribution in [0.3, 0.4) is 0 Å². The van der Waals surface area contributed by atoms with E-state index in [-0.39, 0.29) is 5.97 Å². The van der Waals surface area contributed by atoms with Gasteiger partial charge in [0.15, 0.2) is 5.11 Å². The molecule has 0 saturated carbocycles. The molecule has 3 aromatic rings. The summed E-state index contributed by atoms with van der Waals surface area (Å²) in [5.41, 5.74) is 4.97. The third-order valence-corrected chi connectivity index (χ3v) is 7.06. The minimum absolute atomic E-state index is 0.306. The van der Waals surface area contributed by atoms with Crippen molar-refractivity contribution in [2.75, 3.05) is 17.7 Å². The summed E-state index contributed by atoms with van der Waals surface area (Å²) in [5, 5.41) is 12.0. The van der Waals surface area contributed by atoms with Crippen molar-refractivity contribution in [1.29, 1.82) is 0 Å². The molecule has 4 rings (SSSR count). The molecule has 168 valence electrons. The number of rotatable bonds is 5. The molecule has 0 unspecified atom stereocenters. The molecule has 0 bridgehead atoms. The summed E-state index contributed by atoms with van der Waals surface area (Å²) in [5.74, 6) is -0.306. The van der Waals surface area contributed by atoms with E-state index in [0.29, 0.717) is 17.2 Å². The molecule has 1 aliphatic carbocycles. The summed E-state index contributed by atoms with van der Waals surface area (Å²) in [6.07, 6.45) is 10.2. The highest BCUT2D eigenvalue weighted by molar-refractivity contribution is 7.80. The third kappa shape index (κ3) is 5.37. The van der Waals surface area contributed by atoms with E-state index in [2.05, 4.69) is 46.9 Å². The second-order valence-electron chi connectivity index (χ2n) is 8.11. The van der Waals surface area contributed by atoms with Crippen LogP contribution in [0.4, 0.5) is 10.7 Å². The molecule has 6 nitrogen and oxygen atoms in total. The maximum absolute atomic E-state index is 12.6. The third-order valence-electron chi connectivity index (χ3n) is 5.64. The monoisotopic (exact) mass is 468 g/mol. The Hall–Kier alpha value is -2.71. The van der Waals surface area contributed by atoms with Crippen molar-refractivity contribution in [1.82, 2.24) is 9.78 Å². The molecule has 0 fully saturated rings. The summed E-state index contributed by atoms with van der Waals surface area (Å²) in [7, 11) is 1.43. The zero-order valence-electron chi connectivity index (χ0n) is 18.4. The molecule has 2 aromatic heterocycles. The maximum atomic E-state index is 12.6. The largest absolute Gasteiger partial charge is 0.465 e. The number of nitrogens with one attached hydrogen (secondary N) is 2. The number of carbonyl (C=O) groups is 1. The Kier molecular flexibility index (Phi) is 7.22. The number of esters is 1. The van der Waals surface area contributed by atoms with E-state index in [1.165, 1.54) is 36.0 Å². The van der Waals surface area contributed by atoms with E-state index in [9.17, 15) is 4.79 Å². The number of methoxy groups -OCH3 is 1. The van der Waals surface area contributed by atoms with Gasteiger partial charge in [-0.25, -0.2) is 4.79 Å². The average molecular weight is 469 g/mol. The van der Waals surface area contributed by atoms with Gasteiger partial charge in [0.05, 0.1) is 31.1 Å². The van der Waals surface area contributed by atoms with Gasteiger partial charge >= 0.3 is 5.97 Å². The summed E-state index contributed by atoms with van der Waals surface area (Å²) in [4.78, 5) is 13.8. The molecule has 0 saturated heterocycles. The Morgan fingerprint density at radius 1 is 1.16 bits per heavy atom. The Labute approximate surface area is 198 Å². The number of nitrogens with zero attached hydrogens (tertiary/aromatic N) is 2. The minimum atomic E-state index is -0.306. The van der Waals surface area contributed by atoms with E-state index in [1.54, 1.807) is 17.5 Å². The quantitative estimate of drug-likeness (QED) is 0.378. The van der Waals surface area contributed by atoms with Crippen molar-refractivity contribution in [2.45, 2.75) is 52.0 Å². The van der Waals surface area contributed by atoms with E-state index in [0.717, 1.165) is 41.9 Å². The standard InChI is InChI=1S/C24H28N4O2S2/c1-16-9-11-17(12-10-16)14-28-15-18(13-25-28)26-24(31)27-22-21(23(29)30-2)19-7-5-3-4-6-8-20(19)32-22/h9-13,15H,3-8,14H2,1-2H3,(H2,26,27,31). The summed E-state index contributed by atoms with van der Waals surface area (Å²) in [6, 6.07) is 8.41. The second kappa shape index (κ2) is 10.3. The second-order valence-corrected chi connectivity index (χ2v) is 9.62. The fourth-order valence-corrected chi connectivity index (χ4v) is 5.55. The number of benzene rings is 1. The van der Waals surface area contributed by atoms with Crippen LogP contribution in [0.1, 0.15) is 57.6 Å². The van der Waals surface area contributed by atoms with Crippen molar-refractivity contribution in [3.63, 3.8) is 0 Å². The average Bonchev–Trinajstić information content (AvgIpc) is 3.33. The lowest BCUT2D eigenvalue weighted by molar-refractivity contribution is 0.0601. The topological polar surface area (TPSA) is 68.2 Å². The molecule has 0 atom stereocenters. The smallest absolute Gasteiger partial charge is 0.341 e. The molecule has 32 heavy (non-hydrogen) atoms. The van der Waals surface area contributed by atoms with Crippen molar-refractivity contribution in [3.8, 4) is 0 Å². The van der Waals surface area contributed by atoms with Crippen molar-refractivity contribution < 1.29 is 9.53 Å². The zero-order valence-corrected chi connectivity index (χ0v) is 20.1. The van der Waals surface area contributed by atoms with Crippen LogP contribution in [0.2, 0.25) is 0 Å². The van der Waals surface area contributed by atoms with Crippen molar-refractivity contribution in [2.24, 2.45) is 0 Å². The van der Waals surface area contributed by atoms with Gasteiger partial charge in [-0.05, 0) is 56.0 Å². The molecule has 0 radical (unpaired) electrons. The summed E-state index contributed by atoms with van der Waals surface area (Å²) in [6.45, 7) is 2.76. The molecule has 0 spiro atoms. The number of ether oxygens (including phenoxy) is 1. The fourth-order valence-electron chi connectivity index (χ4n) is 3.99. The first kappa shape index (κ1) is 22.5. The van der Waals surface area contributed by atoms with Gasteiger partial charge in [-0.2, -0.15) is 5.10 Å². The highest BCUT2D eigenvalue weighted by atomic mass is 32.1. The van der Waals surface area contributed by atoms with Crippen LogP contribution in [0.5, 0.6) is 0 Å². The molecule has 2 heterocycles. The van der Waals surface area contributed by atoms with E-state index < -0.39 is 0 Å². The van der Waals surface area contributed by atoms with Gasteiger partial charge in [-0.15, -0.1) is 11.3 Å². The normalized spacial score (nSPS) is 13.6. The van der Waals surface area contributed by atoms with Crippen LogP contribution in [-0.4, -0.2) is 28.0 Å². The zero-order chi connectivity index (χ0) is 22.5. The van der Waals surface area contributed by atoms with Crippen LogP contribution in [0.15, 0.2) is 36.7 Å². The molecule has 0 amide bonds. The highest BCUT2D eigenvalue weighted by Gasteiger charge is 2.25. The van der Waals surface area contributed by atoms with Gasteiger partial charge in [0.25, 0.3) is 0 Å². The van der Waals surface area contributed by atoms with Gasteiger partial charge in [-0.1, -0.05) is 42.7 Å². The summed E-state index contributed by atoms with van der Waals surface area (Å²) >= 11 is 7.16. The number of thiophene rings is 1. The molecule has 8 heteroatoms. The number of hydrogen-bond acceptors (Lipinski definition) is 5. The van der Waals surface area contributed by atoms with Gasteiger partial charge in [0.1, 0.15) is 5.00 Å². The Morgan fingerprint density at radius 2 is 1.91 bits per heavy atom.